The molecule has 1 heterocycles. The molecule has 2 atom stereocenters. The van der Waals surface area contributed by atoms with Crippen LogP contribution in [0.4, 0.5) is 0 Å². The van der Waals surface area contributed by atoms with Crippen LogP contribution in [0.1, 0.15) is 24.8 Å². The van der Waals surface area contributed by atoms with Crippen LogP contribution in [0, 0.1) is 5.92 Å². The Hall–Kier alpha value is -1.90. The van der Waals surface area contributed by atoms with Gasteiger partial charge in [-0.3, -0.25) is 14.5 Å². The molecule has 3 nitrogen and oxygen atoms in total. The summed E-state index contributed by atoms with van der Waals surface area (Å²) in [5, 5.41) is 0. The maximum absolute atomic E-state index is 11.8. The van der Waals surface area contributed by atoms with Gasteiger partial charge in [-0.2, -0.15) is 0 Å². The number of carbonyl (C=O) groups is 2. The number of hydrogen-bond acceptors (Lipinski definition) is 2. The van der Waals surface area contributed by atoms with Gasteiger partial charge in [0.15, 0.2) is 0 Å². The largest absolute Gasteiger partial charge is 0.272 e. The predicted molar refractivity (Wildman–Crippen MR) is 72.3 cm³/mol. The topological polar surface area (TPSA) is 37.4 Å². The number of benzene rings is 1. The summed E-state index contributed by atoms with van der Waals surface area (Å²) in [5.41, 5.74) is 1.28. The quantitative estimate of drug-likeness (QED) is 0.777. The smallest absolute Gasteiger partial charge is 0.253 e. The van der Waals surface area contributed by atoms with Crippen LogP contribution < -0.4 is 0 Å². The Morgan fingerprint density at radius 3 is 2.37 bits per heavy atom. The summed E-state index contributed by atoms with van der Waals surface area (Å²) in [5.74, 6) is 0.111. The third kappa shape index (κ3) is 2.33. The summed E-state index contributed by atoms with van der Waals surface area (Å²) in [6, 6.07) is 10.4. The molecule has 1 aliphatic carbocycles. The second-order valence-electron chi connectivity index (χ2n) is 5.33. The van der Waals surface area contributed by atoms with Crippen molar-refractivity contribution in [3.05, 3.63) is 48.0 Å². The number of amides is 2. The molecule has 0 spiro atoms. The van der Waals surface area contributed by atoms with Crippen LogP contribution in [0.15, 0.2) is 42.5 Å². The summed E-state index contributed by atoms with van der Waals surface area (Å²) in [4.78, 5) is 25.0. The number of imide groups is 1. The standard InChI is InChI=1S/C16H17NO2/c18-15-9-10-16(19)17(15)14-8-4-7-13(14)11-12-5-2-1-3-6-12/h1-3,5-6,9-10,13-14H,4,7-8,11H2. The molecule has 2 aliphatic rings. The Labute approximate surface area is 112 Å². The van der Waals surface area contributed by atoms with Crippen molar-refractivity contribution in [2.45, 2.75) is 31.7 Å². The molecule has 0 N–H and O–H groups in total. The Bertz CT molecular complexity index is 503. The highest BCUT2D eigenvalue weighted by Gasteiger charge is 2.38. The van der Waals surface area contributed by atoms with E-state index in [1.165, 1.54) is 22.6 Å². The zero-order valence-corrected chi connectivity index (χ0v) is 10.8. The molecule has 1 aromatic carbocycles. The number of rotatable bonds is 3. The van der Waals surface area contributed by atoms with Crippen molar-refractivity contribution >= 4 is 11.8 Å². The Morgan fingerprint density at radius 2 is 1.68 bits per heavy atom. The maximum atomic E-state index is 11.8. The molecule has 19 heavy (non-hydrogen) atoms. The third-order valence-electron chi connectivity index (χ3n) is 4.13. The van der Waals surface area contributed by atoms with Crippen LogP contribution in [0.25, 0.3) is 0 Å². The van der Waals surface area contributed by atoms with Gasteiger partial charge in [0.2, 0.25) is 0 Å². The zero-order valence-electron chi connectivity index (χ0n) is 10.8. The third-order valence-corrected chi connectivity index (χ3v) is 4.13. The Kier molecular flexibility index (Phi) is 3.20. The van der Waals surface area contributed by atoms with Gasteiger partial charge in [-0.25, -0.2) is 0 Å². The average molecular weight is 255 g/mol. The van der Waals surface area contributed by atoms with Gasteiger partial charge in [0.05, 0.1) is 0 Å². The van der Waals surface area contributed by atoms with Gasteiger partial charge in [-0.1, -0.05) is 36.8 Å². The van der Waals surface area contributed by atoms with Crippen LogP contribution in [-0.4, -0.2) is 22.8 Å². The summed E-state index contributed by atoms with van der Waals surface area (Å²) in [6.07, 6.45) is 6.86. The zero-order chi connectivity index (χ0) is 13.2. The lowest BCUT2D eigenvalue weighted by Crippen LogP contribution is -2.42. The molecule has 98 valence electrons. The van der Waals surface area contributed by atoms with Crippen LogP contribution in [-0.2, 0) is 16.0 Å². The van der Waals surface area contributed by atoms with E-state index < -0.39 is 0 Å². The average Bonchev–Trinajstić information content (AvgIpc) is 2.98. The van der Waals surface area contributed by atoms with Gasteiger partial charge < -0.3 is 0 Å². The van der Waals surface area contributed by atoms with Gasteiger partial charge in [0.1, 0.15) is 0 Å². The first-order chi connectivity index (χ1) is 9.25. The summed E-state index contributed by atoms with van der Waals surface area (Å²) >= 11 is 0. The van der Waals surface area contributed by atoms with E-state index in [-0.39, 0.29) is 17.9 Å². The number of carbonyl (C=O) groups excluding carboxylic acids is 2. The molecule has 0 radical (unpaired) electrons. The molecule has 0 aromatic heterocycles. The summed E-state index contributed by atoms with van der Waals surface area (Å²) < 4.78 is 0. The van der Waals surface area contributed by atoms with Crippen molar-refractivity contribution in [2.75, 3.05) is 0 Å². The van der Waals surface area contributed by atoms with Crippen LogP contribution in [0.5, 0.6) is 0 Å². The summed E-state index contributed by atoms with van der Waals surface area (Å²) in [7, 11) is 0. The molecule has 0 saturated heterocycles. The van der Waals surface area contributed by atoms with Crippen molar-refractivity contribution in [3.8, 4) is 0 Å². The van der Waals surface area contributed by atoms with E-state index in [0.29, 0.717) is 5.92 Å². The van der Waals surface area contributed by atoms with Gasteiger partial charge in [-0.15, -0.1) is 0 Å². The second-order valence-corrected chi connectivity index (χ2v) is 5.33. The first-order valence-electron chi connectivity index (χ1n) is 6.85. The van der Waals surface area contributed by atoms with Crippen molar-refractivity contribution in [3.63, 3.8) is 0 Å². The monoisotopic (exact) mass is 255 g/mol. The van der Waals surface area contributed by atoms with Gasteiger partial charge in [0, 0.05) is 18.2 Å². The van der Waals surface area contributed by atoms with Crippen molar-refractivity contribution in [1.29, 1.82) is 0 Å². The van der Waals surface area contributed by atoms with Gasteiger partial charge >= 0.3 is 0 Å². The predicted octanol–water partition coefficient (Wildman–Crippen LogP) is 2.32. The highest BCUT2D eigenvalue weighted by molar-refractivity contribution is 6.13. The molecule has 1 saturated carbocycles. The lowest BCUT2D eigenvalue weighted by Gasteiger charge is -2.28. The van der Waals surface area contributed by atoms with Crippen molar-refractivity contribution in [1.82, 2.24) is 4.90 Å². The van der Waals surface area contributed by atoms with Crippen LogP contribution in [0.2, 0.25) is 0 Å². The van der Waals surface area contributed by atoms with Crippen molar-refractivity contribution < 1.29 is 9.59 Å². The normalized spacial score (nSPS) is 26.4. The fourth-order valence-corrected chi connectivity index (χ4v) is 3.25. The fraction of sp³-hybridized carbons (Fsp3) is 0.375. The molecule has 3 rings (SSSR count). The van der Waals surface area contributed by atoms with Gasteiger partial charge in [0.25, 0.3) is 11.8 Å². The minimum atomic E-state index is -0.144. The molecule has 2 unspecified atom stereocenters. The number of hydrogen-bond donors (Lipinski definition) is 0. The minimum Gasteiger partial charge on any atom is -0.272 e. The van der Waals surface area contributed by atoms with E-state index in [1.807, 2.05) is 18.2 Å². The highest BCUT2D eigenvalue weighted by atomic mass is 16.2. The maximum Gasteiger partial charge on any atom is 0.253 e. The fourth-order valence-electron chi connectivity index (χ4n) is 3.25. The molecule has 1 aliphatic heterocycles. The molecule has 3 heteroatoms. The molecular formula is C16H17NO2. The lowest BCUT2D eigenvalue weighted by molar-refractivity contribution is -0.140. The first kappa shape index (κ1) is 12.2. The SMILES string of the molecule is O=C1C=CC(=O)N1C1CCCC1Cc1ccccc1. The molecular weight excluding hydrogens is 238 g/mol. The van der Waals surface area contributed by atoms with Crippen LogP contribution >= 0.6 is 0 Å². The molecule has 1 aromatic rings. The highest BCUT2D eigenvalue weighted by Crippen LogP contribution is 2.34. The number of nitrogens with zero attached hydrogens (tertiary/aromatic N) is 1. The lowest BCUT2D eigenvalue weighted by atomic mass is 9.94. The van der Waals surface area contributed by atoms with Gasteiger partial charge in [-0.05, 0) is 30.7 Å². The van der Waals surface area contributed by atoms with E-state index in [1.54, 1.807) is 0 Å². The second kappa shape index (κ2) is 5.00. The van der Waals surface area contributed by atoms with E-state index in [0.717, 1.165) is 25.7 Å². The molecule has 2 amide bonds. The van der Waals surface area contributed by atoms with E-state index >= 15 is 0 Å². The van der Waals surface area contributed by atoms with Crippen molar-refractivity contribution in [2.24, 2.45) is 5.92 Å². The molecule has 1 fully saturated rings. The first-order valence-corrected chi connectivity index (χ1v) is 6.85. The summed E-state index contributed by atoms with van der Waals surface area (Å²) in [6.45, 7) is 0. The van der Waals surface area contributed by atoms with E-state index in [9.17, 15) is 9.59 Å². The van der Waals surface area contributed by atoms with E-state index in [4.69, 9.17) is 0 Å². The van der Waals surface area contributed by atoms with E-state index in [2.05, 4.69) is 12.1 Å². The Balaban J connectivity index is 1.75. The van der Waals surface area contributed by atoms with Crippen LogP contribution in [0.3, 0.4) is 0 Å². The molecule has 0 bridgehead atoms. The minimum absolute atomic E-state index is 0.0789. The Morgan fingerprint density at radius 1 is 1.00 bits per heavy atom.